The van der Waals surface area contributed by atoms with Crippen molar-refractivity contribution in [3.63, 3.8) is 0 Å². The van der Waals surface area contributed by atoms with Crippen LogP contribution in [0, 0.1) is 0 Å². The molecule has 0 aromatic heterocycles. The summed E-state index contributed by atoms with van der Waals surface area (Å²) >= 11 is 0. The van der Waals surface area contributed by atoms with Crippen molar-refractivity contribution < 1.29 is 19.1 Å². The number of carbonyl (C=O) groups excluding carboxylic acids is 3. The lowest BCUT2D eigenvalue weighted by Crippen LogP contribution is -2.40. The number of hydrogen-bond acceptors (Lipinski definition) is 4. The molecule has 0 aliphatic carbocycles. The molecule has 3 rings (SSSR count). The van der Waals surface area contributed by atoms with Gasteiger partial charge in [0.15, 0.2) is 5.75 Å². The van der Waals surface area contributed by atoms with Gasteiger partial charge in [0.1, 0.15) is 0 Å². The second kappa shape index (κ2) is 5.33. The highest BCUT2D eigenvalue weighted by atomic mass is 16.6. The van der Waals surface area contributed by atoms with Gasteiger partial charge in [-0.25, -0.2) is 9.69 Å². The molecule has 1 heterocycles. The Morgan fingerprint density at radius 2 is 1.64 bits per heavy atom. The van der Waals surface area contributed by atoms with Crippen molar-refractivity contribution >= 4 is 23.6 Å². The van der Waals surface area contributed by atoms with Gasteiger partial charge >= 0.3 is 6.09 Å². The number of amides is 3. The van der Waals surface area contributed by atoms with Gasteiger partial charge in [-0.3, -0.25) is 9.59 Å². The van der Waals surface area contributed by atoms with Crippen molar-refractivity contribution in [3.8, 4) is 5.75 Å². The average molecular weight is 296 g/mol. The summed E-state index contributed by atoms with van der Waals surface area (Å²) in [6, 6.07) is 12.9. The van der Waals surface area contributed by atoms with Gasteiger partial charge < -0.3 is 10.1 Å². The fraction of sp³-hybridized carbons (Fsp3) is 0.0625. The van der Waals surface area contributed by atoms with Gasteiger partial charge in [-0.15, -0.1) is 0 Å². The summed E-state index contributed by atoms with van der Waals surface area (Å²) in [5, 5.41) is 2.32. The first-order chi connectivity index (χ1) is 10.6. The molecule has 6 heteroatoms. The van der Waals surface area contributed by atoms with Crippen LogP contribution >= 0.6 is 0 Å². The molecule has 6 nitrogen and oxygen atoms in total. The van der Waals surface area contributed by atoms with E-state index in [1.807, 2.05) is 0 Å². The zero-order valence-corrected chi connectivity index (χ0v) is 11.7. The number of ether oxygens (including phenoxy) is 1. The number of rotatable bonds is 2. The van der Waals surface area contributed by atoms with E-state index in [1.165, 1.54) is 13.1 Å². The SMILES string of the molecule is CNC(=O)Oc1ccccc1N1C(=O)c2cccc(c2)C1=O. The third kappa shape index (κ3) is 2.20. The lowest BCUT2D eigenvalue weighted by molar-refractivity contribution is 0.0888. The molecule has 22 heavy (non-hydrogen) atoms. The molecule has 1 aliphatic heterocycles. The number of hydrogen-bond donors (Lipinski definition) is 1. The Kier molecular flexibility index (Phi) is 3.34. The summed E-state index contributed by atoms with van der Waals surface area (Å²) in [7, 11) is 1.42. The summed E-state index contributed by atoms with van der Waals surface area (Å²) in [6.07, 6.45) is -0.678. The Labute approximate surface area is 126 Å². The van der Waals surface area contributed by atoms with Crippen LogP contribution < -0.4 is 15.0 Å². The Morgan fingerprint density at radius 3 is 2.27 bits per heavy atom. The number of fused-ring (bicyclic) bond motifs is 2. The second-order valence-electron chi connectivity index (χ2n) is 4.63. The van der Waals surface area contributed by atoms with Crippen molar-refractivity contribution in [1.29, 1.82) is 0 Å². The van der Waals surface area contributed by atoms with Crippen LogP contribution in [0.3, 0.4) is 0 Å². The van der Waals surface area contributed by atoms with Crippen LogP contribution in [0.4, 0.5) is 10.5 Å². The maximum Gasteiger partial charge on any atom is 0.412 e. The summed E-state index contributed by atoms with van der Waals surface area (Å²) < 4.78 is 5.11. The van der Waals surface area contributed by atoms with E-state index in [0.29, 0.717) is 11.1 Å². The van der Waals surface area contributed by atoms with Crippen LogP contribution in [0.1, 0.15) is 20.7 Å². The highest BCUT2D eigenvalue weighted by Crippen LogP contribution is 2.32. The minimum atomic E-state index is -0.678. The van der Waals surface area contributed by atoms with Gasteiger partial charge in [0.05, 0.1) is 5.69 Å². The molecular formula is C16H12N2O4. The molecule has 3 amide bonds. The summed E-state index contributed by atoms with van der Waals surface area (Å²) in [5.41, 5.74) is 1.05. The van der Waals surface area contributed by atoms with E-state index in [9.17, 15) is 14.4 Å². The van der Waals surface area contributed by atoms with Crippen LogP contribution in [-0.2, 0) is 0 Å². The van der Waals surface area contributed by atoms with E-state index in [0.717, 1.165) is 4.90 Å². The van der Waals surface area contributed by atoms with E-state index in [4.69, 9.17) is 4.74 Å². The van der Waals surface area contributed by atoms with Crippen LogP contribution in [0.5, 0.6) is 5.75 Å². The number of benzene rings is 2. The normalized spacial score (nSPS) is 13.0. The molecular weight excluding hydrogens is 284 g/mol. The monoisotopic (exact) mass is 296 g/mol. The Morgan fingerprint density at radius 1 is 1.00 bits per heavy atom. The van der Waals surface area contributed by atoms with Crippen molar-refractivity contribution in [2.24, 2.45) is 0 Å². The molecule has 1 N–H and O–H groups in total. The summed E-state index contributed by atoms with van der Waals surface area (Å²) in [4.78, 5) is 37.3. The number of nitrogens with one attached hydrogen (secondary N) is 1. The highest BCUT2D eigenvalue weighted by molar-refractivity contribution is 6.29. The van der Waals surface area contributed by atoms with Crippen molar-refractivity contribution in [1.82, 2.24) is 5.32 Å². The molecule has 0 fully saturated rings. The van der Waals surface area contributed by atoms with Crippen molar-refractivity contribution in [3.05, 3.63) is 59.7 Å². The van der Waals surface area contributed by atoms with Crippen molar-refractivity contribution in [2.75, 3.05) is 11.9 Å². The lowest BCUT2D eigenvalue weighted by atomic mass is 10.0. The van der Waals surface area contributed by atoms with Crippen LogP contribution in [0.2, 0.25) is 0 Å². The Bertz CT molecular complexity index is 754. The highest BCUT2D eigenvalue weighted by Gasteiger charge is 2.32. The number of carbonyl (C=O) groups is 3. The first-order valence-electron chi connectivity index (χ1n) is 6.59. The molecule has 0 atom stereocenters. The van der Waals surface area contributed by atoms with Gasteiger partial charge in [-0.1, -0.05) is 18.2 Å². The number of imide groups is 1. The minimum Gasteiger partial charge on any atom is -0.408 e. The zero-order chi connectivity index (χ0) is 15.7. The third-order valence-electron chi connectivity index (χ3n) is 3.28. The number of nitrogens with zero attached hydrogens (tertiary/aromatic N) is 1. The molecule has 1 aliphatic rings. The number of para-hydroxylation sites is 2. The molecule has 0 unspecified atom stereocenters. The molecule has 0 radical (unpaired) electrons. The molecule has 2 bridgehead atoms. The fourth-order valence-electron chi connectivity index (χ4n) is 2.23. The van der Waals surface area contributed by atoms with E-state index < -0.39 is 17.9 Å². The van der Waals surface area contributed by atoms with Gasteiger partial charge in [0.25, 0.3) is 11.8 Å². The zero-order valence-electron chi connectivity index (χ0n) is 11.7. The van der Waals surface area contributed by atoms with Gasteiger partial charge in [0, 0.05) is 18.2 Å². The topological polar surface area (TPSA) is 75.7 Å². The quantitative estimate of drug-likeness (QED) is 0.862. The minimum absolute atomic E-state index is 0.133. The molecule has 0 spiro atoms. The third-order valence-corrected chi connectivity index (χ3v) is 3.28. The average Bonchev–Trinajstić information content (AvgIpc) is 2.55. The van der Waals surface area contributed by atoms with Gasteiger partial charge in [0.2, 0.25) is 0 Å². The van der Waals surface area contributed by atoms with E-state index in [2.05, 4.69) is 5.32 Å². The lowest BCUT2D eigenvalue weighted by Gasteiger charge is -2.26. The van der Waals surface area contributed by atoms with Gasteiger partial charge in [-0.05, 0) is 30.3 Å². The number of anilines is 1. The summed E-state index contributed by atoms with van der Waals surface area (Å²) in [6.45, 7) is 0. The fourth-order valence-corrected chi connectivity index (χ4v) is 2.23. The Balaban J connectivity index is 2.06. The first kappa shape index (κ1) is 13.8. The molecule has 110 valence electrons. The first-order valence-corrected chi connectivity index (χ1v) is 6.59. The predicted molar refractivity (Wildman–Crippen MR) is 79.1 cm³/mol. The Hall–Kier alpha value is -3.15. The van der Waals surface area contributed by atoms with E-state index in [-0.39, 0.29) is 11.4 Å². The molecule has 2 aromatic rings. The van der Waals surface area contributed by atoms with Gasteiger partial charge in [-0.2, -0.15) is 0 Å². The molecule has 2 aromatic carbocycles. The molecule has 0 saturated heterocycles. The van der Waals surface area contributed by atoms with E-state index >= 15 is 0 Å². The van der Waals surface area contributed by atoms with Crippen LogP contribution in [0.25, 0.3) is 0 Å². The largest absolute Gasteiger partial charge is 0.412 e. The van der Waals surface area contributed by atoms with Crippen molar-refractivity contribution in [2.45, 2.75) is 0 Å². The van der Waals surface area contributed by atoms with Crippen LogP contribution in [0.15, 0.2) is 48.5 Å². The standard InChI is InChI=1S/C16H12N2O4/c1-17-16(21)22-13-8-3-2-7-12(13)18-14(19)10-5-4-6-11(9-10)15(18)20/h2-9H,1H3,(H,17,21). The maximum atomic E-state index is 12.5. The van der Waals surface area contributed by atoms with Crippen LogP contribution in [-0.4, -0.2) is 25.0 Å². The predicted octanol–water partition coefficient (Wildman–Crippen LogP) is 2.21. The second-order valence-corrected chi connectivity index (χ2v) is 4.63. The summed E-state index contributed by atoms with van der Waals surface area (Å²) in [5.74, 6) is -0.772. The molecule has 0 saturated carbocycles. The smallest absolute Gasteiger partial charge is 0.408 e. The maximum absolute atomic E-state index is 12.5. The van der Waals surface area contributed by atoms with E-state index in [1.54, 1.807) is 42.5 Å².